The van der Waals surface area contributed by atoms with Gasteiger partial charge in [0.25, 0.3) is 5.92 Å². The number of benzene rings is 2. The van der Waals surface area contributed by atoms with E-state index in [1.165, 1.54) is 6.07 Å². The molecule has 0 N–H and O–H groups in total. The van der Waals surface area contributed by atoms with Gasteiger partial charge in [0.05, 0.1) is 5.69 Å². The minimum atomic E-state index is -2.84. The Labute approximate surface area is 191 Å². The van der Waals surface area contributed by atoms with Crippen LogP contribution in [0.5, 0.6) is 0 Å². The minimum Gasteiger partial charge on any atom is -0.368 e. The van der Waals surface area contributed by atoms with Gasteiger partial charge in [-0.25, -0.2) is 8.78 Å². The number of fused-ring (bicyclic) bond motifs is 1. The lowest BCUT2D eigenvalue weighted by atomic mass is 10.0. The monoisotopic (exact) mass is 445 g/mol. The molecule has 3 heterocycles. The maximum Gasteiger partial charge on any atom is 0.270 e. The normalized spacial score (nSPS) is 14.6. The van der Waals surface area contributed by atoms with Crippen LogP contribution >= 0.6 is 0 Å². The molecule has 0 aliphatic carbocycles. The first-order valence-corrected chi connectivity index (χ1v) is 11.1. The summed E-state index contributed by atoms with van der Waals surface area (Å²) >= 11 is 0. The molecule has 0 atom stereocenters. The summed E-state index contributed by atoms with van der Waals surface area (Å²) in [7, 11) is 0. The molecule has 4 aromatic rings. The lowest BCUT2D eigenvalue weighted by Crippen LogP contribution is -2.47. The lowest BCUT2D eigenvalue weighted by Gasteiger charge is -2.37. The summed E-state index contributed by atoms with van der Waals surface area (Å²) < 4.78 is 27.5. The Morgan fingerprint density at radius 1 is 0.818 bits per heavy atom. The fourth-order valence-corrected chi connectivity index (χ4v) is 4.36. The highest BCUT2D eigenvalue weighted by atomic mass is 19.3. The van der Waals surface area contributed by atoms with Gasteiger partial charge in [-0.3, -0.25) is 4.98 Å². The minimum absolute atomic E-state index is 0.0454. The quantitative estimate of drug-likeness (QED) is 0.430. The number of anilines is 2. The maximum absolute atomic E-state index is 13.8. The van der Waals surface area contributed by atoms with Crippen LogP contribution in [0, 0.1) is 0 Å². The third-order valence-corrected chi connectivity index (χ3v) is 6.16. The number of hydrogen-bond donors (Lipinski definition) is 0. The molecule has 168 valence electrons. The van der Waals surface area contributed by atoms with E-state index in [2.05, 4.69) is 37.1 Å². The van der Waals surface area contributed by atoms with Crippen LogP contribution in [0.1, 0.15) is 23.7 Å². The Morgan fingerprint density at radius 3 is 2.24 bits per heavy atom. The number of hydrogen-bond acceptors (Lipinski definition) is 5. The van der Waals surface area contributed by atoms with Gasteiger partial charge in [0.2, 0.25) is 0 Å². The molecular formula is C26H25F2N5. The lowest BCUT2D eigenvalue weighted by molar-refractivity contribution is 0.0175. The van der Waals surface area contributed by atoms with Crippen molar-refractivity contribution < 1.29 is 8.78 Å². The van der Waals surface area contributed by atoms with Gasteiger partial charge >= 0.3 is 0 Å². The Morgan fingerprint density at radius 2 is 1.52 bits per heavy atom. The van der Waals surface area contributed by atoms with Crippen molar-refractivity contribution in [2.24, 2.45) is 0 Å². The topological polar surface area (TPSA) is 45.2 Å². The van der Waals surface area contributed by atoms with E-state index in [0.717, 1.165) is 66.6 Å². The molecule has 7 heteroatoms. The van der Waals surface area contributed by atoms with E-state index in [1.807, 2.05) is 30.3 Å². The van der Waals surface area contributed by atoms with Gasteiger partial charge in [0.1, 0.15) is 0 Å². The van der Waals surface area contributed by atoms with Crippen molar-refractivity contribution in [3.63, 3.8) is 0 Å². The van der Waals surface area contributed by atoms with Gasteiger partial charge in [-0.05, 0) is 29.8 Å². The molecule has 5 rings (SSSR count). The number of pyridine rings is 1. The number of aromatic nitrogens is 3. The predicted octanol–water partition coefficient (Wildman–Crippen LogP) is 5.05. The largest absolute Gasteiger partial charge is 0.368 e. The molecule has 0 amide bonds. The average molecular weight is 446 g/mol. The first-order valence-electron chi connectivity index (χ1n) is 11.1. The summed E-state index contributed by atoms with van der Waals surface area (Å²) in [5, 5.41) is 11.4. The Hall–Kier alpha value is -3.61. The first kappa shape index (κ1) is 21.2. The molecule has 1 fully saturated rings. The van der Waals surface area contributed by atoms with E-state index in [4.69, 9.17) is 0 Å². The third kappa shape index (κ3) is 4.49. The zero-order valence-corrected chi connectivity index (χ0v) is 18.5. The van der Waals surface area contributed by atoms with Gasteiger partial charge in [0.15, 0.2) is 5.82 Å². The van der Waals surface area contributed by atoms with Crippen molar-refractivity contribution in [3.05, 3.63) is 89.9 Å². The van der Waals surface area contributed by atoms with Crippen LogP contribution in [0.4, 0.5) is 20.3 Å². The fourth-order valence-electron chi connectivity index (χ4n) is 4.36. The van der Waals surface area contributed by atoms with Gasteiger partial charge in [0, 0.05) is 73.9 Å². The van der Waals surface area contributed by atoms with Crippen LogP contribution in [-0.4, -0.2) is 41.4 Å². The molecule has 0 unspecified atom stereocenters. The summed E-state index contributed by atoms with van der Waals surface area (Å²) in [6.07, 6.45) is 4.27. The highest BCUT2D eigenvalue weighted by Gasteiger charge is 2.26. The molecule has 2 aromatic heterocycles. The number of rotatable bonds is 5. The predicted molar refractivity (Wildman–Crippen MR) is 127 cm³/mol. The second kappa shape index (κ2) is 8.73. The summed E-state index contributed by atoms with van der Waals surface area (Å²) in [6, 6.07) is 18.9. The number of nitrogens with zero attached hydrogens (tertiary/aromatic N) is 5. The van der Waals surface area contributed by atoms with E-state index in [0.29, 0.717) is 6.42 Å². The Kier molecular flexibility index (Phi) is 5.62. The molecular weight excluding hydrogens is 420 g/mol. The molecule has 0 radical (unpaired) electrons. The van der Waals surface area contributed by atoms with Crippen LogP contribution in [0.2, 0.25) is 0 Å². The van der Waals surface area contributed by atoms with Crippen molar-refractivity contribution in [3.8, 4) is 0 Å². The maximum atomic E-state index is 13.8. The van der Waals surface area contributed by atoms with E-state index >= 15 is 0 Å². The van der Waals surface area contributed by atoms with E-state index < -0.39 is 5.92 Å². The summed E-state index contributed by atoms with van der Waals surface area (Å²) in [5.41, 5.74) is 2.96. The van der Waals surface area contributed by atoms with E-state index in [9.17, 15) is 8.78 Å². The van der Waals surface area contributed by atoms with Gasteiger partial charge in [-0.1, -0.05) is 36.4 Å². The summed E-state index contributed by atoms with van der Waals surface area (Å²) in [6.45, 7) is 3.89. The van der Waals surface area contributed by atoms with Crippen LogP contribution in [0.25, 0.3) is 10.8 Å². The van der Waals surface area contributed by atoms with Gasteiger partial charge in [-0.2, -0.15) is 5.10 Å². The van der Waals surface area contributed by atoms with Crippen molar-refractivity contribution in [2.75, 3.05) is 36.0 Å². The van der Waals surface area contributed by atoms with E-state index in [1.54, 1.807) is 24.5 Å². The molecule has 5 nitrogen and oxygen atoms in total. The standard InChI is InChI=1S/C26H25F2N5/c1-26(27,28)20-5-4-6-21(18-20)32-13-15-33(16-14-32)25-23-8-3-2-7-22(23)24(30-31-25)17-19-9-11-29-12-10-19/h2-12,18H,13-17H2,1H3. The molecule has 1 saturated heterocycles. The second-order valence-corrected chi connectivity index (χ2v) is 8.46. The number of alkyl halides is 2. The zero-order valence-electron chi connectivity index (χ0n) is 18.5. The highest BCUT2D eigenvalue weighted by molar-refractivity contribution is 5.93. The molecule has 0 spiro atoms. The van der Waals surface area contributed by atoms with Crippen molar-refractivity contribution in [1.29, 1.82) is 0 Å². The Bertz CT molecular complexity index is 1250. The van der Waals surface area contributed by atoms with Crippen molar-refractivity contribution in [1.82, 2.24) is 15.2 Å². The summed E-state index contributed by atoms with van der Waals surface area (Å²) in [4.78, 5) is 8.47. The molecule has 0 saturated carbocycles. The van der Waals surface area contributed by atoms with Crippen LogP contribution < -0.4 is 9.80 Å². The van der Waals surface area contributed by atoms with Gasteiger partial charge in [-0.15, -0.1) is 5.10 Å². The van der Waals surface area contributed by atoms with Crippen LogP contribution in [0.3, 0.4) is 0 Å². The smallest absolute Gasteiger partial charge is 0.270 e. The molecule has 0 bridgehead atoms. The Balaban J connectivity index is 1.37. The van der Waals surface area contributed by atoms with E-state index in [-0.39, 0.29) is 5.56 Å². The highest BCUT2D eigenvalue weighted by Crippen LogP contribution is 2.31. The molecule has 33 heavy (non-hydrogen) atoms. The zero-order chi connectivity index (χ0) is 22.8. The van der Waals surface area contributed by atoms with Crippen molar-refractivity contribution in [2.45, 2.75) is 19.3 Å². The molecule has 2 aromatic carbocycles. The average Bonchev–Trinajstić information content (AvgIpc) is 2.85. The fraction of sp³-hybridized carbons (Fsp3) is 0.269. The summed E-state index contributed by atoms with van der Waals surface area (Å²) in [5.74, 6) is -1.97. The van der Waals surface area contributed by atoms with Crippen LogP contribution in [0.15, 0.2) is 73.1 Å². The molecule has 1 aliphatic heterocycles. The number of halogens is 2. The van der Waals surface area contributed by atoms with Crippen molar-refractivity contribution >= 4 is 22.3 Å². The van der Waals surface area contributed by atoms with Crippen LogP contribution in [-0.2, 0) is 12.3 Å². The third-order valence-electron chi connectivity index (χ3n) is 6.16. The molecule has 1 aliphatic rings. The van der Waals surface area contributed by atoms with Gasteiger partial charge < -0.3 is 9.80 Å². The SMILES string of the molecule is CC(F)(F)c1cccc(N2CCN(c3nnc(Cc4ccncc4)c4ccccc34)CC2)c1. The number of piperazine rings is 1. The second-order valence-electron chi connectivity index (χ2n) is 8.46. The first-order chi connectivity index (χ1) is 16.0.